The van der Waals surface area contributed by atoms with Gasteiger partial charge in [0.2, 0.25) is 0 Å². The third-order valence-corrected chi connectivity index (χ3v) is 2.72. The van der Waals surface area contributed by atoms with Crippen LogP contribution in [0.2, 0.25) is 5.02 Å². The molecule has 86 valence electrons. The Bertz CT molecular complexity index is 555. The number of pyridine rings is 2. The summed E-state index contributed by atoms with van der Waals surface area (Å²) in [5.74, 6) is -0.0400. The van der Waals surface area contributed by atoms with Crippen molar-refractivity contribution in [3.63, 3.8) is 0 Å². The number of ketones is 1. The summed E-state index contributed by atoms with van der Waals surface area (Å²) in [6.07, 6.45) is 3.41. The second-order valence-corrected chi connectivity index (χ2v) is 4.14. The molecule has 0 radical (unpaired) electrons. The molecule has 4 heteroatoms. The van der Waals surface area contributed by atoms with Crippen LogP contribution in [-0.4, -0.2) is 15.8 Å². The number of aromatic nitrogens is 2. The van der Waals surface area contributed by atoms with Crippen LogP contribution in [-0.2, 0) is 6.42 Å². The Morgan fingerprint density at radius 2 is 2.18 bits per heavy atom. The Labute approximate surface area is 104 Å². The van der Waals surface area contributed by atoms with Gasteiger partial charge in [0.15, 0.2) is 5.78 Å². The van der Waals surface area contributed by atoms with Gasteiger partial charge in [0.25, 0.3) is 0 Å². The average Bonchev–Trinajstić information content (AvgIpc) is 2.32. The SMILES string of the molecule is Cc1cccc(C(=O)Cc2ccncc2Cl)n1. The quantitative estimate of drug-likeness (QED) is 0.782. The van der Waals surface area contributed by atoms with Gasteiger partial charge in [-0.1, -0.05) is 17.7 Å². The molecular formula is C13H11ClN2O. The van der Waals surface area contributed by atoms with Crippen molar-refractivity contribution in [3.05, 3.63) is 58.6 Å². The van der Waals surface area contributed by atoms with Gasteiger partial charge >= 0.3 is 0 Å². The summed E-state index contributed by atoms with van der Waals surface area (Å²) in [6.45, 7) is 1.86. The van der Waals surface area contributed by atoms with Crippen LogP contribution >= 0.6 is 11.6 Å². The second-order valence-electron chi connectivity index (χ2n) is 3.73. The van der Waals surface area contributed by atoms with Crippen molar-refractivity contribution < 1.29 is 4.79 Å². The summed E-state index contributed by atoms with van der Waals surface area (Å²) in [5.41, 5.74) is 2.07. The zero-order valence-corrected chi connectivity index (χ0v) is 10.1. The molecular weight excluding hydrogens is 236 g/mol. The summed E-state index contributed by atoms with van der Waals surface area (Å²) in [4.78, 5) is 20.0. The number of rotatable bonds is 3. The predicted octanol–water partition coefficient (Wildman–Crippen LogP) is 2.86. The third-order valence-electron chi connectivity index (χ3n) is 2.38. The smallest absolute Gasteiger partial charge is 0.185 e. The van der Waals surface area contributed by atoms with Gasteiger partial charge in [-0.3, -0.25) is 14.8 Å². The zero-order chi connectivity index (χ0) is 12.3. The van der Waals surface area contributed by atoms with Crippen LogP contribution in [0, 0.1) is 6.92 Å². The van der Waals surface area contributed by atoms with E-state index in [1.165, 1.54) is 6.20 Å². The highest BCUT2D eigenvalue weighted by Crippen LogP contribution is 2.15. The van der Waals surface area contributed by atoms with Crippen molar-refractivity contribution >= 4 is 17.4 Å². The number of carbonyl (C=O) groups is 1. The number of hydrogen-bond acceptors (Lipinski definition) is 3. The number of Topliss-reactive ketones (excluding diaryl/α,β-unsaturated/α-hetero) is 1. The lowest BCUT2D eigenvalue weighted by molar-refractivity contribution is 0.0988. The van der Waals surface area contributed by atoms with Crippen molar-refractivity contribution in [1.82, 2.24) is 9.97 Å². The Hall–Kier alpha value is -1.74. The second kappa shape index (κ2) is 5.06. The maximum absolute atomic E-state index is 12.0. The third kappa shape index (κ3) is 2.88. The van der Waals surface area contributed by atoms with Crippen molar-refractivity contribution in [2.24, 2.45) is 0 Å². The van der Waals surface area contributed by atoms with E-state index in [1.807, 2.05) is 19.1 Å². The highest BCUT2D eigenvalue weighted by atomic mass is 35.5. The van der Waals surface area contributed by atoms with Crippen molar-refractivity contribution in [2.75, 3.05) is 0 Å². The van der Waals surface area contributed by atoms with Crippen LogP contribution < -0.4 is 0 Å². The van der Waals surface area contributed by atoms with Gasteiger partial charge in [0.05, 0.1) is 5.02 Å². The molecule has 2 aromatic rings. The summed E-state index contributed by atoms with van der Waals surface area (Å²) in [5, 5.41) is 0.508. The van der Waals surface area contributed by atoms with Gasteiger partial charge in [0, 0.05) is 24.5 Å². The molecule has 0 amide bonds. The Balaban J connectivity index is 2.20. The molecule has 0 saturated carbocycles. The van der Waals surface area contributed by atoms with Gasteiger partial charge in [0.1, 0.15) is 5.69 Å². The van der Waals surface area contributed by atoms with E-state index in [4.69, 9.17) is 11.6 Å². The minimum atomic E-state index is -0.0400. The molecule has 2 heterocycles. The Morgan fingerprint density at radius 1 is 1.35 bits per heavy atom. The number of aryl methyl sites for hydroxylation is 1. The molecule has 3 nitrogen and oxygen atoms in total. The van der Waals surface area contributed by atoms with E-state index >= 15 is 0 Å². The van der Waals surface area contributed by atoms with E-state index in [2.05, 4.69) is 9.97 Å². The fraction of sp³-hybridized carbons (Fsp3) is 0.154. The highest BCUT2D eigenvalue weighted by molar-refractivity contribution is 6.31. The topological polar surface area (TPSA) is 42.9 Å². The van der Waals surface area contributed by atoms with E-state index in [0.717, 1.165) is 11.3 Å². The first kappa shape index (κ1) is 11.7. The maximum atomic E-state index is 12.0. The zero-order valence-electron chi connectivity index (χ0n) is 9.35. The number of hydrogen-bond donors (Lipinski definition) is 0. The van der Waals surface area contributed by atoms with E-state index < -0.39 is 0 Å². The first-order chi connectivity index (χ1) is 8.16. The van der Waals surface area contributed by atoms with E-state index in [0.29, 0.717) is 10.7 Å². The van der Waals surface area contributed by atoms with Gasteiger partial charge in [-0.05, 0) is 30.7 Å². The van der Waals surface area contributed by atoms with Crippen LogP contribution in [0.5, 0.6) is 0 Å². The molecule has 0 atom stereocenters. The van der Waals surface area contributed by atoms with Gasteiger partial charge < -0.3 is 0 Å². The summed E-state index contributed by atoms with van der Waals surface area (Å²) < 4.78 is 0. The molecule has 0 spiro atoms. The number of halogens is 1. The number of nitrogens with zero attached hydrogens (tertiary/aromatic N) is 2. The lowest BCUT2D eigenvalue weighted by Gasteiger charge is -2.03. The maximum Gasteiger partial charge on any atom is 0.185 e. The van der Waals surface area contributed by atoms with Crippen molar-refractivity contribution in [3.8, 4) is 0 Å². The van der Waals surface area contributed by atoms with Crippen LogP contribution in [0.3, 0.4) is 0 Å². The fourth-order valence-corrected chi connectivity index (χ4v) is 1.70. The molecule has 0 bridgehead atoms. The normalized spacial score (nSPS) is 10.2. The summed E-state index contributed by atoms with van der Waals surface area (Å²) in [6, 6.07) is 7.14. The van der Waals surface area contributed by atoms with Crippen LogP contribution in [0.1, 0.15) is 21.7 Å². The van der Waals surface area contributed by atoms with E-state index in [9.17, 15) is 4.79 Å². The molecule has 0 aliphatic heterocycles. The molecule has 0 N–H and O–H groups in total. The molecule has 0 saturated heterocycles. The average molecular weight is 247 g/mol. The first-order valence-electron chi connectivity index (χ1n) is 5.22. The minimum absolute atomic E-state index is 0.0400. The lowest BCUT2D eigenvalue weighted by Crippen LogP contribution is -2.07. The molecule has 2 aromatic heterocycles. The first-order valence-corrected chi connectivity index (χ1v) is 5.60. The van der Waals surface area contributed by atoms with Crippen LogP contribution in [0.15, 0.2) is 36.7 Å². The van der Waals surface area contributed by atoms with E-state index in [-0.39, 0.29) is 12.2 Å². The van der Waals surface area contributed by atoms with Crippen molar-refractivity contribution in [2.45, 2.75) is 13.3 Å². The minimum Gasteiger partial charge on any atom is -0.292 e. The Kier molecular flexibility index (Phi) is 3.49. The highest BCUT2D eigenvalue weighted by Gasteiger charge is 2.10. The molecule has 0 aliphatic carbocycles. The molecule has 17 heavy (non-hydrogen) atoms. The van der Waals surface area contributed by atoms with Gasteiger partial charge in [-0.2, -0.15) is 0 Å². The summed E-state index contributed by atoms with van der Waals surface area (Å²) in [7, 11) is 0. The summed E-state index contributed by atoms with van der Waals surface area (Å²) >= 11 is 5.95. The fourth-order valence-electron chi connectivity index (χ4n) is 1.51. The van der Waals surface area contributed by atoms with Gasteiger partial charge in [-0.15, -0.1) is 0 Å². The molecule has 0 aliphatic rings. The monoisotopic (exact) mass is 246 g/mol. The van der Waals surface area contributed by atoms with Crippen LogP contribution in [0.4, 0.5) is 0 Å². The van der Waals surface area contributed by atoms with Crippen molar-refractivity contribution in [1.29, 1.82) is 0 Å². The largest absolute Gasteiger partial charge is 0.292 e. The molecule has 0 fully saturated rings. The molecule has 2 rings (SSSR count). The van der Waals surface area contributed by atoms with E-state index in [1.54, 1.807) is 18.3 Å². The van der Waals surface area contributed by atoms with Crippen LogP contribution in [0.25, 0.3) is 0 Å². The standard InChI is InChI=1S/C13H11ClN2O/c1-9-3-2-4-12(16-9)13(17)7-10-5-6-15-8-11(10)14/h2-6,8H,7H2,1H3. The van der Waals surface area contributed by atoms with Gasteiger partial charge in [-0.25, -0.2) is 0 Å². The molecule has 0 aromatic carbocycles. The number of carbonyl (C=O) groups excluding carboxylic acids is 1. The Morgan fingerprint density at radius 3 is 2.88 bits per heavy atom. The lowest BCUT2D eigenvalue weighted by atomic mass is 10.1. The molecule has 0 unspecified atom stereocenters. The predicted molar refractivity (Wildman–Crippen MR) is 66.3 cm³/mol.